The van der Waals surface area contributed by atoms with E-state index >= 15 is 0 Å². The predicted molar refractivity (Wildman–Crippen MR) is 66.9 cm³/mol. The molecule has 0 amide bonds. The van der Waals surface area contributed by atoms with Crippen molar-refractivity contribution in [1.29, 1.82) is 0 Å². The van der Waals surface area contributed by atoms with Crippen molar-refractivity contribution in [2.75, 3.05) is 19.7 Å². The van der Waals surface area contributed by atoms with Crippen LogP contribution in [0.15, 0.2) is 33.4 Å². The molecule has 3 rings (SSSR count). The fourth-order valence-corrected chi connectivity index (χ4v) is 2.15. The van der Waals surface area contributed by atoms with Gasteiger partial charge in [0.15, 0.2) is 11.9 Å². The number of carbonyl (C=O) groups is 1. The zero-order valence-corrected chi connectivity index (χ0v) is 10.7. The van der Waals surface area contributed by atoms with E-state index in [1.54, 1.807) is 24.5 Å². The van der Waals surface area contributed by atoms with Crippen molar-refractivity contribution in [2.24, 2.45) is 0 Å². The van der Waals surface area contributed by atoms with Gasteiger partial charge in [-0.1, -0.05) is 5.16 Å². The highest BCUT2D eigenvalue weighted by Gasteiger charge is 2.26. The summed E-state index contributed by atoms with van der Waals surface area (Å²) in [7, 11) is 0. The Balaban J connectivity index is 1.64. The number of carboxylic acids is 1. The van der Waals surface area contributed by atoms with Gasteiger partial charge in [0.25, 0.3) is 0 Å². The van der Waals surface area contributed by atoms with E-state index < -0.39 is 12.1 Å². The average Bonchev–Trinajstić information content (AvgIpc) is 3.09. The summed E-state index contributed by atoms with van der Waals surface area (Å²) in [5.74, 6) is 0.244. The summed E-state index contributed by atoms with van der Waals surface area (Å²) in [5, 5.41) is 12.9. The van der Waals surface area contributed by atoms with Crippen LogP contribution in [0.25, 0.3) is 11.5 Å². The monoisotopic (exact) mass is 278 g/mol. The molecule has 2 aromatic rings. The standard InChI is InChI=1S/C13H14N2O5/c16-13(17)12-8-15(3-5-19-12)7-9-6-11(20-14-9)10-2-1-4-18-10/h1-2,4,6,12H,3,5,7-8H2,(H,16,17). The third-order valence-corrected chi connectivity index (χ3v) is 3.13. The maximum absolute atomic E-state index is 10.9. The molecular weight excluding hydrogens is 264 g/mol. The van der Waals surface area contributed by atoms with Crippen LogP contribution in [0.1, 0.15) is 5.69 Å². The molecule has 0 radical (unpaired) electrons. The summed E-state index contributed by atoms with van der Waals surface area (Å²) in [6.07, 6.45) is 0.789. The number of hydrogen-bond acceptors (Lipinski definition) is 6. The highest BCUT2D eigenvalue weighted by Crippen LogP contribution is 2.21. The molecule has 0 saturated carbocycles. The van der Waals surface area contributed by atoms with Crippen molar-refractivity contribution in [3.05, 3.63) is 30.2 Å². The number of furan rings is 1. The molecule has 106 valence electrons. The highest BCUT2D eigenvalue weighted by atomic mass is 16.5. The van der Waals surface area contributed by atoms with Crippen molar-refractivity contribution < 1.29 is 23.6 Å². The first-order chi connectivity index (χ1) is 9.72. The van der Waals surface area contributed by atoms with Gasteiger partial charge in [0, 0.05) is 25.7 Å². The van der Waals surface area contributed by atoms with Gasteiger partial charge in [0.05, 0.1) is 18.6 Å². The Kier molecular flexibility index (Phi) is 3.53. The van der Waals surface area contributed by atoms with E-state index in [4.69, 9.17) is 18.8 Å². The van der Waals surface area contributed by atoms with Gasteiger partial charge >= 0.3 is 5.97 Å². The van der Waals surface area contributed by atoms with Crippen molar-refractivity contribution >= 4 is 5.97 Å². The lowest BCUT2D eigenvalue weighted by atomic mass is 10.2. The zero-order valence-electron chi connectivity index (χ0n) is 10.7. The maximum atomic E-state index is 10.9. The fraction of sp³-hybridized carbons (Fsp3) is 0.385. The van der Waals surface area contributed by atoms with Crippen LogP contribution in [-0.4, -0.2) is 46.9 Å². The van der Waals surface area contributed by atoms with E-state index in [9.17, 15) is 4.79 Å². The van der Waals surface area contributed by atoms with Gasteiger partial charge in [-0.2, -0.15) is 0 Å². The van der Waals surface area contributed by atoms with Crippen LogP contribution in [0, 0.1) is 0 Å². The molecule has 1 aliphatic rings. The summed E-state index contributed by atoms with van der Waals surface area (Å²) in [4.78, 5) is 12.9. The Hall–Kier alpha value is -2.12. The van der Waals surface area contributed by atoms with Crippen LogP contribution in [0.2, 0.25) is 0 Å². The topological polar surface area (TPSA) is 88.9 Å². The van der Waals surface area contributed by atoms with Gasteiger partial charge in [0.2, 0.25) is 5.76 Å². The molecule has 1 N–H and O–H groups in total. The lowest BCUT2D eigenvalue weighted by Gasteiger charge is -2.29. The molecule has 0 aliphatic carbocycles. The van der Waals surface area contributed by atoms with Crippen molar-refractivity contribution in [1.82, 2.24) is 10.1 Å². The van der Waals surface area contributed by atoms with Gasteiger partial charge in [-0.15, -0.1) is 0 Å². The van der Waals surface area contributed by atoms with Crippen LogP contribution < -0.4 is 0 Å². The number of rotatable bonds is 4. The first-order valence-corrected chi connectivity index (χ1v) is 6.28. The number of nitrogens with zero attached hydrogens (tertiary/aromatic N) is 2. The molecular formula is C13H14N2O5. The van der Waals surface area contributed by atoms with Crippen molar-refractivity contribution in [2.45, 2.75) is 12.6 Å². The quantitative estimate of drug-likeness (QED) is 0.899. The van der Waals surface area contributed by atoms with Crippen LogP contribution in [-0.2, 0) is 16.1 Å². The fourth-order valence-electron chi connectivity index (χ4n) is 2.15. The molecule has 20 heavy (non-hydrogen) atoms. The van der Waals surface area contributed by atoms with Crippen molar-refractivity contribution in [3.8, 4) is 11.5 Å². The predicted octanol–water partition coefficient (Wildman–Crippen LogP) is 1.22. The molecule has 2 aromatic heterocycles. The molecule has 1 saturated heterocycles. The lowest BCUT2D eigenvalue weighted by Crippen LogP contribution is -2.45. The summed E-state index contributed by atoms with van der Waals surface area (Å²) in [6.45, 7) is 1.95. The summed E-state index contributed by atoms with van der Waals surface area (Å²) < 4.78 is 15.6. The maximum Gasteiger partial charge on any atom is 0.334 e. The Bertz CT molecular complexity index is 577. The second-order valence-corrected chi connectivity index (χ2v) is 4.59. The largest absolute Gasteiger partial charge is 0.479 e. The van der Waals surface area contributed by atoms with E-state index in [1.807, 2.05) is 4.90 Å². The molecule has 0 aromatic carbocycles. The van der Waals surface area contributed by atoms with Crippen molar-refractivity contribution in [3.63, 3.8) is 0 Å². The third kappa shape index (κ3) is 2.73. The molecule has 7 nitrogen and oxygen atoms in total. The number of morpholine rings is 1. The Morgan fingerprint density at radius 1 is 1.50 bits per heavy atom. The zero-order chi connectivity index (χ0) is 13.9. The van der Waals surface area contributed by atoms with Crippen LogP contribution in [0.5, 0.6) is 0 Å². The number of hydrogen-bond donors (Lipinski definition) is 1. The lowest BCUT2D eigenvalue weighted by molar-refractivity contribution is -0.156. The van der Waals surface area contributed by atoms with Crippen LogP contribution >= 0.6 is 0 Å². The molecule has 7 heteroatoms. The molecule has 1 aliphatic heterocycles. The number of aromatic nitrogens is 1. The van der Waals surface area contributed by atoms with E-state index in [2.05, 4.69) is 5.16 Å². The van der Waals surface area contributed by atoms with E-state index in [1.165, 1.54) is 0 Å². The highest BCUT2D eigenvalue weighted by molar-refractivity contribution is 5.72. The Labute approximate surface area is 114 Å². The van der Waals surface area contributed by atoms with Gasteiger partial charge < -0.3 is 18.8 Å². The van der Waals surface area contributed by atoms with Gasteiger partial charge in [-0.25, -0.2) is 4.79 Å². The van der Waals surface area contributed by atoms with Gasteiger partial charge in [0.1, 0.15) is 0 Å². The molecule has 1 unspecified atom stereocenters. The average molecular weight is 278 g/mol. The normalized spacial score (nSPS) is 20.1. The first kappa shape index (κ1) is 12.9. The second kappa shape index (κ2) is 5.48. The SMILES string of the molecule is O=C(O)C1CN(Cc2cc(-c3ccco3)on2)CCO1. The third-order valence-electron chi connectivity index (χ3n) is 3.13. The van der Waals surface area contributed by atoms with E-state index in [-0.39, 0.29) is 0 Å². The minimum atomic E-state index is -0.939. The van der Waals surface area contributed by atoms with Gasteiger partial charge in [-0.3, -0.25) is 4.90 Å². The number of carboxylic acid groups (broad SMARTS) is 1. The summed E-state index contributed by atoms with van der Waals surface area (Å²) in [5.41, 5.74) is 0.738. The molecule has 1 fully saturated rings. The van der Waals surface area contributed by atoms with Gasteiger partial charge in [-0.05, 0) is 12.1 Å². The molecule has 3 heterocycles. The smallest absolute Gasteiger partial charge is 0.334 e. The molecule has 0 spiro atoms. The van der Waals surface area contributed by atoms with E-state index in [0.717, 1.165) is 5.69 Å². The summed E-state index contributed by atoms with van der Waals surface area (Å²) in [6, 6.07) is 5.36. The molecule has 1 atom stereocenters. The Morgan fingerprint density at radius 3 is 3.15 bits per heavy atom. The first-order valence-electron chi connectivity index (χ1n) is 6.28. The number of aliphatic carboxylic acids is 1. The second-order valence-electron chi connectivity index (χ2n) is 4.59. The Morgan fingerprint density at radius 2 is 2.40 bits per heavy atom. The minimum Gasteiger partial charge on any atom is -0.479 e. The van der Waals surface area contributed by atoms with Crippen LogP contribution in [0.3, 0.4) is 0 Å². The van der Waals surface area contributed by atoms with Crippen LogP contribution in [0.4, 0.5) is 0 Å². The summed E-state index contributed by atoms with van der Waals surface area (Å²) >= 11 is 0. The van der Waals surface area contributed by atoms with E-state index in [0.29, 0.717) is 37.8 Å². The number of ether oxygens (including phenoxy) is 1. The minimum absolute atomic E-state index is 0.346. The molecule has 0 bridgehead atoms.